The number of benzene rings is 1. The van der Waals surface area contributed by atoms with Crippen LogP contribution in [0.5, 0.6) is 5.75 Å². The van der Waals surface area contributed by atoms with Gasteiger partial charge in [0.2, 0.25) is 0 Å². The molecule has 0 heterocycles. The van der Waals surface area contributed by atoms with Gasteiger partial charge in [0.1, 0.15) is 5.75 Å². The lowest BCUT2D eigenvalue weighted by molar-refractivity contribution is 0.475. The smallest absolute Gasteiger partial charge is 0.115 e. The minimum atomic E-state index is 0.347. The third-order valence-corrected chi connectivity index (χ3v) is 3.18. The lowest BCUT2D eigenvalue weighted by Gasteiger charge is -2.13. The van der Waals surface area contributed by atoms with Crippen LogP contribution in [0.2, 0.25) is 0 Å². The van der Waals surface area contributed by atoms with Crippen molar-refractivity contribution in [3.05, 3.63) is 29.8 Å². The Balaban J connectivity index is 2.73. The lowest BCUT2D eigenvalue weighted by atomic mass is 10.1. The molecule has 1 aromatic rings. The molecule has 2 heteroatoms. The van der Waals surface area contributed by atoms with Gasteiger partial charge in [-0.3, -0.25) is 0 Å². The highest BCUT2D eigenvalue weighted by Gasteiger charge is 2.07. The van der Waals surface area contributed by atoms with Crippen LogP contribution in [0.15, 0.2) is 24.3 Å². The summed E-state index contributed by atoms with van der Waals surface area (Å²) in [4.78, 5) is 0. The Morgan fingerprint density at radius 1 is 1.31 bits per heavy atom. The zero-order valence-corrected chi connectivity index (χ0v) is 8.97. The van der Waals surface area contributed by atoms with E-state index in [1.165, 1.54) is 18.4 Å². The van der Waals surface area contributed by atoms with E-state index < -0.39 is 0 Å². The molecule has 1 aromatic carbocycles. The Morgan fingerprint density at radius 2 is 1.92 bits per heavy atom. The molecule has 0 amide bonds. The van der Waals surface area contributed by atoms with Crippen LogP contribution in [0.4, 0.5) is 0 Å². The second kappa shape index (κ2) is 5.18. The molecule has 0 aliphatic rings. The molecule has 0 spiro atoms. The number of aromatic hydroxyl groups is 1. The van der Waals surface area contributed by atoms with Crippen molar-refractivity contribution >= 4 is 11.8 Å². The molecule has 0 saturated heterocycles. The molecule has 1 unspecified atom stereocenters. The SMILES string of the molecule is CCCC(SC)c1ccc(O)cc1. The molecule has 0 bridgehead atoms. The maximum Gasteiger partial charge on any atom is 0.115 e. The minimum absolute atomic E-state index is 0.347. The number of hydrogen-bond acceptors (Lipinski definition) is 2. The summed E-state index contributed by atoms with van der Waals surface area (Å²) in [5.41, 5.74) is 1.31. The first-order valence-corrected chi connectivity index (χ1v) is 5.88. The van der Waals surface area contributed by atoms with Crippen LogP contribution < -0.4 is 0 Å². The lowest BCUT2D eigenvalue weighted by Crippen LogP contribution is -1.91. The number of phenolic OH excluding ortho intramolecular Hbond substituents is 1. The van der Waals surface area contributed by atoms with Crippen molar-refractivity contribution in [3.63, 3.8) is 0 Å². The molecule has 13 heavy (non-hydrogen) atoms. The minimum Gasteiger partial charge on any atom is -0.508 e. The van der Waals surface area contributed by atoms with Crippen LogP contribution >= 0.6 is 11.8 Å². The molecule has 0 aromatic heterocycles. The third-order valence-electron chi connectivity index (χ3n) is 2.10. The first-order valence-electron chi connectivity index (χ1n) is 4.59. The van der Waals surface area contributed by atoms with Crippen molar-refractivity contribution in [2.24, 2.45) is 0 Å². The quantitative estimate of drug-likeness (QED) is 0.794. The van der Waals surface area contributed by atoms with Crippen molar-refractivity contribution in [2.75, 3.05) is 6.26 Å². The van der Waals surface area contributed by atoms with Crippen molar-refractivity contribution in [3.8, 4) is 5.75 Å². The average molecular weight is 196 g/mol. The summed E-state index contributed by atoms with van der Waals surface area (Å²) in [6, 6.07) is 7.53. The number of hydrogen-bond donors (Lipinski definition) is 1. The van der Waals surface area contributed by atoms with E-state index in [4.69, 9.17) is 5.11 Å². The van der Waals surface area contributed by atoms with E-state index >= 15 is 0 Å². The number of thioether (sulfide) groups is 1. The van der Waals surface area contributed by atoms with Gasteiger partial charge in [0.05, 0.1) is 0 Å². The Labute approximate surface area is 84.2 Å². The number of phenols is 1. The van der Waals surface area contributed by atoms with Gasteiger partial charge in [0.15, 0.2) is 0 Å². The summed E-state index contributed by atoms with van der Waals surface area (Å²) >= 11 is 1.87. The van der Waals surface area contributed by atoms with Gasteiger partial charge in [-0.2, -0.15) is 11.8 Å². The Morgan fingerprint density at radius 3 is 2.38 bits per heavy atom. The Kier molecular flexibility index (Phi) is 4.16. The van der Waals surface area contributed by atoms with Gasteiger partial charge < -0.3 is 5.11 Å². The monoisotopic (exact) mass is 196 g/mol. The largest absolute Gasteiger partial charge is 0.508 e. The van der Waals surface area contributed by atoms with Gasteiger partial charge in [-0.1, -0.05) is 25.5 Å². The number of rotatable bonds is 4. The molecule has 0 radical (unpaired) electrons. The van der Waals surface area contributed by atoms with Crippen molar-refractivity contribution in [1.29, 1.82) is 0 Å². The maximum absolute atomic E-state index is 9.13. The molecule has 0 aliphatic carbocycles. The second-order valence-corrected chi connectivity index (χ2v) is 4.14. The maximum atomic E-state index is 9.13. The van der Waals surface area contributed by atoms with Crippen molar-refractivity contribution in [2.45, 2.75) is 25.0 Å². The van der Waals surface area contributed by atoms with Gasteiger partial charge >= 0.3 is 0 Å². The molecule has 72 valence electrons. The first kappa shape index (κ1) is 10.5. The average Bonchev–Trinajstić information content (AvgIpc) is 2.16. The van der Waals surface area contributed by atoms with Crippen LogP contribution in [0, 0.1) is 0 Å². The normalized spacial score (nSPS) is 12.8. The standard InChI is InChI=1S/C11H16OS/c1-3-4-11(13-2)9-5-7-10(12)8-6-9/h5-8,11-12H,3-4H2,1-2H3. The summed E-state index contributed by atoms with van der Waals surface area (Å²) in [6.45, 7) is 2.20. The van der Waals surface area contributed by atoms with Crippen LogP contribution in [-0.4, -0.2) is 11.4 Å². The molecule has 1 rings (SSSR count). The highest BCUT2D eigenvalue weighted by atomic mass is 32.2. The van der Waals surface area contributed by atoms with Gasteiger partial charge in [-0.05, 0) is 30.4 Å². The third kappa shape index (κ3) is 2.96. The van der Waals surface area contributed by atoms with Crippen molar-refractivity contribution in [1.82, 2.24) is 0 Å². The van der Waals surface area contributed by atoms with Gasteiger partial charge in [0, 0.05) is 5.25 Å². The van der Waals surface area contributed by atoms with Crippen LogP contribution in [0.1, 0.15) is 30.6 Å². The summed E-state index contributed by atoms with van der Waals surface area (Å²) in [5, 5.41) is 9.71. The van der Waals surface area contributed by atoms with Gasteiger partial charge in [-0.15, -0.1) is 0 Å². The summed E-state index contributed by atoms with van der Waals surface area (Å²) in [7, 11) is 0. The second-order valence-electron chi connectivity index (χ2n) is 3.10. The van der Waals surface area contributed by atoms with Crippen molar-refractivity contribution < 1.29 is 5.11 Å². The fourth-order valence-electron chi connectivity index (χ4n) is 1.37. The van der Waals surface area contributed by atoms with Gasteiger partial charge in [-0.25, -0.2) is 0 Å². The van der Waals surface area contributed by atoms with E-state index in [0.29, 0.717) is 11.0 Å². The molecule has 0 saturated carbocycles. The summed E-state index contributed by atoms with van der Waals surface area (Å²) in [5.74, 6) is 0.347. The fourth-order valence-corrected chi connectivity index (χ4v) is 2.27. The van der Waals surface area contributed by atoms with Gasteiger partial charge in [0.25, 0.3) is 0 Å². The predicted octanol–water partition coefficient (Wildman–Crippen LogP) is 3.60. The highest BCUT2D eigenvalue weighted by molar-refractivity contribution is 7.98. The van der Waals surface area contributed by atoms with E-state index in [2.05, 4.69) is 13.2 Å². The molecule has 1 N–H and O–H groups in total. The molecule has 1 nitrogen and oxygen atoms in total. The van der Waals surface area contributed by atoms with E-state index in [-0.39, 0.29) is 0 Å². The topological polar surface area (TPSA) is 20.2 Å². The molecule has 0 fully saturated rings. The zero-order valence-electron chi connectivity index (χ0n) is 8.16. The van der Waals surface area contributed by atoms with Crippen LogP contribution in [0.3, 0.4) is 0 Å². The predicted molar refractivity (Wildman–Crippen MR) is 59.3 cm³/mol. The Bertz CT molecular complexity index is 243. The van der Waals surface area contributed by atoms with E-state index in [1.807, 2.05) is 23.9 Å². The molecule has 1 atom stereocenters. The van der Waals surface area contributed by atoms with E-state index in [0.717, 1.165) is 0 Å². The van der Waals surface area contributed by atoms with Crippen LogP contribution in [0.25, 0.3) is 0 Å². The highest BCUT2D eigenvalue weighted by Crippen LogP contribution is 2.31. The van der Waals surface area contributed by atoms with E-state index in [1.54, 1.807) is 12.1 Å². The summed E-state index contributed by atoms with van der Waals surface area (Å²) < 4.78 is 0. The zero-order chi connectivity index (χ0) is 9.68. The first-order chi connectivity index (χ1) is 6.27. The molecular weight excluding hydrogens is 180 g/mol. The summed E-state index contributed by atoms with van der Waals surface area (Å²) in [6.07, 6.45) is 4.53. The molecule has 0 aliphatic heterocycles. The molecular formula is C11H16OS. The van der Waals surface area contributed by atoms with Crippen LogP contribution in [-0.2, 0) is 0 Å². The Hall–Kier alpha value is -0.630. The fraction of sp³-hybridized carbons (Fsp3) is 0.455. The van der Waals surface area contributed by atoms with E-state index in [9.17, 15) is 0 Å².